The zero-order chi connectivity index (χ0) is 26.4. The van der Waals surface area contributed by atoms with Crippen LogP contribution in [-0.4, -0.2) is 60.2 Å². The van der Waals surface area contributed by atoms with Crippen molar-refractivity contribution in [1.82, 2.24) is 14.9 Å². The molecule has 2 N–H and O–H groups in total. The van der Waals surface area contributed by atoms with Crippen LogP contribution in [0.5, 0.6) is 0 Å². The Labute approximate surface area is 219 Å². The van der Waals surface area contributed by atoms with Crippen molar-refractivity contribution in [2.45, 2.75) is 25.1 Å². The number of pyridine rings is 2. The summed E-state index contributed by atoms with van der Waals surface area (Å²) in [5.41, 5.74) is 0.613. The molecule has 0 atom stereocenters. The molecule has 2 fully saturated rings. The van der Waals surface area contributed by atoms with E-state index in [0.29, 0.717) is 65.9 Å². The maximum atomic E-state index is 13.4. The smallest absolute Gasteiger partial charge is 0.379 e. The highest BCUT2D eigenvalue weighted by Gasteiger charge is 2.33. The molecule has 198 valence electrons. The molecule has 3 aromatic heterocycles. The van der Waals surface area contributed by atoms with Gasteiger partial charge >= 0.3 is 6.18 Å². The summed E-state index contributed by atoms with van der Waals surface area (Å²) in [6.07, 6.45) is -0.891. The Balaban J connectivity index is 1.14. The summed E-state index contributed by atoms with van der Waals surface area (Å²) in [7, 11) is 0. The van der Waals surface area contributed by atoms with E-state index >= 15 is 0 Å². The van der Waals surface area contributed by atoms with E-state index in [9.17, 15) is 22.8 Å². The van der Waals surface area contributed by atoms with E-state index in [1.807, 2.05) is 16.8 Å². The van der Waals surface area contributed by atoms with Gasteiger partial charge in [0.05, 0.1) is 5.52 Å². The van der Waals surface area contributed by atoms with Crippen LogP contribution >= 0.6 is 11.3 Å². The summed E-state index contributed by atoms with van der Waals surface area (Å²) >= 11 is 1.46. The maximum absolute atomic E-state index is 13.4. The van der Waals surface area contributed by atoms with E-state index in [4.69, 9.17) is 0 Å². The molecule has 4 heterocycles. The van der Waals surface area contributed by atoms with Crippen LogP contribution < -0.4 is 26.4 Å². The summed E-state index contributed by atoms with van der Waals surface area (Å²) < 4.78 is 40.3. The molecule has 1 saturated heterocycles. The molecular weight excluding hydrogens is 517 g/mol. The lowest BCUT2D eigenvalue weighted by Crippen LogP contribution is -2.48. The number of hydrogen-bond donors (Lipinski definition) is 2. The van der Waals surface area contributed by atoms with Crippen molar-refractivity contribution in [1.29, 1.82) is 0 Å². The highest BCUT2D eigenvalue weighted by Crippen LogP contribution is 2.36. The second-order valence-corrected chi connectivity index (χ2v) is 10.5. The first-order chi connectivity index (χ1) is 18.3. The predicted molar refractivity (Wildman–Crippen MR) is 143 cm³/mol. The lowest BCUT2D eigenvalue weighted by Gasteiger charge is -2.36. The van der Waals surface area contributed by atoms with Gasteiger partial charge in [-0.1, -0.05) is 0 Å². The van der Waals surface area contributed by atoms with E-state index in [1.165, 1.54) is 17.4 Å². The number of anilines is 3. The third-order valence-electron chi connectivity index (χ3n) is 7.07. The SMILES string of the molecule is O=c1c(NCCN2CCN(c3ncc(-c4ccsc4)c4nc(C(F)(F)F)ccc34)CC2)c(NC2CC2)c1=O. The molecule has 1 aliphatic heterocycles. The second-order valence-electron chi connectivity index (χ2n) is 9.68. The minimum atomic E-state index is -4.54. The van der Waals surface area contributed by atoms with Gasteiger partial charge in [-0.05, 0) is 47.4 Å². The first-order valence-corrected chi connectivity index (χ1v) is 13.4. The van der Waals surface area contributed by atoms with Gasteiger partial charge in [0.15, 0.2) is 0 Å². The zero-order valence-electron chi connectivity index (χ0n) is 20.3. The Morgan fingerprint density at radius 1 is 1.03 bits per heavy atom. The molecule has 1 saturated carbocycles. The first-order valence-electron chi connectivity index (χ1n) is 12.5. The van der Waals surface area contributed by atoms with Crippen LogP contribution in [0.25, 0.3) is 22.0 Å². The van der Waals surface area contributed by atoms with Crippen LogP contribution in [0, 0.1) is 0 Å². The van der Waals surface area contributed by atoms with Gasteiger partial charge in [-0.15, -0.1) is 0 Å². The summed E-state index contributed by atoms with van der Waals surface area (Å²) in [5, 5.41) is 10.6. The lowest BCUT2D eigenvalue weighted by molar-refractivity contribution is -0.140. The number of fused-ring (bicyclic) bond motifs is 1. The van der Waals surface area contributed by atoms with Gasteiger partial charge in [-0.2, -0.15) is 24.5 Å². The maximum Gasteiger partial charge on any atom is 0.433 e. The molecule has 2 aliphatic rings. The first kappa shape index (κ1) is 24.8. The molecule has 1 aromatic carbocycles. The Morgan fingerprint density at radius 3 is 2.47 bits per heavy atom. The molecular formula is C26H25F3N6O2S. The molecule has 0 radical (unpaired) electrons. The van der Waals surface area contributed by atoms with Gasteiger partial charge in [0.1, 0.15) is 22.9 Å². The number of halogens is 3. The minimum absolute atomic E-state index is 0.290. The molecule has 0 unspecified atom stereocenters. The minimum Gasteiger partial charge on any atom is -0.379 e. The highest BCUT2D eigenvalue weighted by molar-refractivity contribution is 7.08. The van der Waals surface area contributed by atoms with Crippen molar-refractivity contribution in [2.75, 3.05) is 54.8 Å². The Hall–Kier alpha value is -3.51. The molecule has 12 heteroatoms. The van der Waals surface area contributed by atoms with Crippen molar-refractivity contribution < 1.29 is 13.2 Å². The van der Waals surface area contributed by atoms with Crippen LogP contribution in [0.3, 0.4) is 0 Å². The largest absolute Gasteiger partial charge is 0.433 e. The predicted octanol–water partition coefficient (Wildman–Crippen LogP) is 3.78. The molecule has 6 rings (SSSR count). The van der Waals surface area contributed by atoms with Crippen LogP contribution in [-0.2, 0) is 6.18 Å². The number of rotatable bonds is 8. The quantitative estimate of drug-likeness (QED) is 0.325. The van der Waals surface area contributed by atoms with Crippen LogP contribution in [0.2, 0.25) is 0 Å². The third kappa shape index (κ3) is 4.73. The fourth-order valence-corrected chi connectivity index (χ4v) is 5.45. The van der Waals surface area contributed by atoms with Crippen molar-refractivity contribution in [3.8, 4) is 11.1 Å². The third-order valence-corrected chi connectivity index (χ3v) is 7.75. The number of alkyl halides is 3. The van der Waals surface area contributed by atoms with E-state index in [2.05, 4.69) is 30.4 Å². The number of nitrogens with one attached hydrogen (secondary N) is 2. The van der Waals surface area contributed by atoms with Crippen molar-refractivity contribution in [3.63, 3.8) is 0 Å². The van der Waals surface area contributed by atoms with Crippen LogP contribution in [0.15, 0.2) is 44.7 Å². The van der Waals surface area contributed by atoms with Gasteiger partial charge in [-0.25, -0.2) is 9.97 Å². The molecule has 0 bridgehead atoms. The van der Waals surface area contributed by atoms with Crippen molar-refractivity contribution in [2.24, 2.45) is 0 Å². The van der Waals surface area contributed by atoms with Gasteiger partial charge in [0.2, 0.25) is 0 Å². The zero-order valence-corrected chi connectivity index (χ0v) is 21.2. The fourth-order valence-electron chi connectivity index (χ4n) is 4.79. The lowest BCUT2D eigenvalue weighted by atomic mass is 10.1. The van der Waals surface area contributed by atoms with Gasteiger partial charge < -0.3 is 15.5 Å². The monoisotopic (exact) mass is 542 g/mol. The Kier molecular flexibility index (Phi) is 6.31. The number of aromatic nitrogens is 2. The van der Waals surface area contributed by atoms with Crippen molar-refractivity contribution >= 4 is 39.4 Å². The van der Waals surface area contributed by atoms with E-state index in [0.717, 1.165) is 37.6 Å². The summed E-state index contributed by atoms with van der Waals surface area (Å²) in [6.45, 7) is 3.97. The van der Waals surface area contributed by atoms with Crippen molar-refractivity contribution in [3.05, 3.63) is 61.3 Å². The van der Waals surface area contributed by atoms with Gasteiger partial charge in [0, 0.05) is 62.5 Å². The van der Waals surface area contributed by atoms with Crippen LogP contribution in [0.4, 0.5) is 30.4 Å². The second kappa shape index (κ2) is 9.66. The molecule has 1 aliphatic carbocycles. The summed E-state index contributed by atoms with van der Waals surface area (Å²) in [6, 6.07) is 4.63. The van der Waals surface area contributed by atoms with Gasteiger partial charge in [0.25, 0.3) is 10.9 Å². The fraction of sp³-hybridized carbons (Fsp3) is 0.385. The van der Waals surface area contributed by atoms with E-state index < -0.39 is 22.7 Å². The molecule has 38 heavy (non-hydrogen) atoms. The number of nitrogens with zero attached hydrogens (tertiary/aromatic N) is 4. The van der Waals surface area contributed by atoms with E-state index in [-0.39, 0.29) is 0 Å². The van der Waals surface area contributed by atoms with Gasteiger partial charge in [-0.3, -0.25) is 14.5 Å². The molecule has 4 aromatic rings. The normalized spacial score (nSPS) is 16.9. The standard InChI is InChI=1S/C26H25F3N6O2S/c27-26(28,29)19-4-3-17-20(33-19)18(15-5-12-38-14-15)13-31-25(17)35-10-8-34(9-11-35)7-6-30-21-22(24(37)23(21)36)32-16-1-2-16/h3-5,12-14,16,30,32H,1-2,6-11H2. The molecule has 8 nitrogen and oxygen atoms in total. The summed E-state index contributed by atoms with van der Waals surface area (Å²) in [4.78, 5) is 36.8. The Bertz CT molecular complexity index is 1540. The highest BCUT2D eigenvalue weighted by atomic mass is 32.1. The molecule has 0 spiro atoms. The number of hydrogen-bond acceptors (Lipinski definition) is 9. The van der Waals surface area contributed by atoms with Crippen LogP contribution in [0.1, 0.15) is 18.5 Å². The topological polar surface area (TPSA) is 90.5 Å². The molecule has 0 amide bonds. The average molecular weight is 543 g/mol. The number of piperazine rings is 1. The average Bonchev–Trinajstić information content (AvgIpc) is 3.58. The van der Waals surface area contributed by atoms with E-state index in [1.54, 1.807) is 6.20 Å². The number of thiophene rings is 1. The Morgan fingerprint density at radius 2 is 1.79 bits per heavy atom. The summed E-state index contributed by atoms with van der Waals surface area (Å²) in [5.74, 6) is 0.623.